The minimum Gasteiger partial charge on any atom is -0.478 e. The second-order valence-corrected chi connectivity index (χ2v) is 7.68. The van der Waals surface area contributed by atoms with Crippen LogP contribution < -0.4 is 10.6 Å². The molecule has 2 atom stereocenters. The molecule has 0 bridgehead atoms. The minimum atomic E-state index is -0.974. The molecule has 1 aromatic rings. The summed E-state index contributed by atoms with van der Waals surface area (Å²) in [4.78, 5) is 35.6. The Morgan fingerprint density at radius 2 is 1.68 bits per heavy atom. The summed E-state index contributed by atoms with van der Waals surface area (Å²) in [7, 11) is 0. The first kappa shape index (κ1) is 24.0. The molecule has 156 valence electrons. The maximum Gasteiger partial charge on any atom is 0.335 e. The van der Waals surface area contributed by atoms with Crippen molar-refractivity contribution in [1.29, 1.82) is 0 Å². The molecule has 0 saturated heterocycles. The van der Waals surface area contributed by atoms with Crippen LogP contribution >= 0.6 is 12.6 Å². The molecule has 3 N–H and O–H groups in total. The van der Waals surface area contributed by atoms with Gasteiger partial charge < -0.3 is 15.7 Å². The van der Waals surface area contributed by atoms with E-state index >= 15 is 0 Å². The number of hydrogen-bond donors (Lipinski definition) is 4. The van der Waals surface area contributed by atoms with E-state index in [1.165, 1.54) is 12.1 Å². The minimum absolute atomic E-state index is 0.0147. The lowest BCUT2D eigenvalue weighted by molar-refractivity contribution is -0.127. The Labute approximate surface area is 172 Å². The fraction of sp³-hybridized carbons (Fsp3) is 0.571. The van der Waals surface area contributed by atoms with Crippen molar-refractivity contribution in [3.05, 3.63) is 35.4 Å². The molecule has 0 aliphatic carbocycles. The highest BCUT2D eigenvalue weighted by molar-refractivity contribution is 7.80. The third-order valence-electron chi connectivity index (χ3n) is 4.81. The molecular weight excluding hydrogens is 376 g/mol. The summed E-state index contributed by atoms with van der Waals surface area (Å²) < 4.78 is 0. The van der Waals surface area contributed by atoms with Crippen LogP contribution in [0.3, 0.4) is 0 Å². The van der Waals surface area contributed by atoms with Crippen LogP contribution in [0.15, 0.2) is 24.3 Å². The van der Waals surface area contributed by atoms with E-state index in [0.29, 0.717) is 25.3 Å². The van der Waals surface area contributed by atoms with E-state index in [-0.39, 0.29) is 35.1 Å². The van der Waals surface area contributed by atoms with Gasteiger partial charge >= 0.3 is 5.97 Å². The Hall–Kier alpha value is -2.02. The fourth-order valence-corrected chi connectivity index (χ4v) is 3.54. The van der Waals surface area contributed by atoms with Gasteiger partial charge in [0, 0.05) is 30.7 Å². The van der Waals surface area contributed by atoms with Crippen LogP contribution in [-0.4, -0.2) is 35.2 Å². The average molecular weight is 409 g/mol. The summed E-state index contributed by atoms with van der Waals surface area (Å²) in [6.07, 6.45) is 2.21. The first-order chi connectivity index (χ1) is 13.3. The Balaban J connectivity index is 2.52. The lowest BCUT2D eigenvalue weighted by Gasteiger charge is -2.20. The summed E-state index contributed by atoms with van der Waals surface area (Å²) in [6.45, 7) is 6.83. The number of rotatable bonds is 12. The van der Waals surface area contributed by atoms with Crippen molar-refractivity contribution in [1.82, 2.24) is 10.6 Å². The van der Waals surface area contributed by atoms with Gasteiger partial charge in [0.25, 0.3) is 0 Å². The number of aromatic carboxylic acids is 1. The molecule has 1 rings (SSSR count). The zero-order valence-corrected chi connectivity index (χ0v) is 17.8. The van der Waals surface area contributed by atoms with Gasteiger partial charge in [0.2, 0.25) is 11.8 Å². The topological polar surface area (TPSA) is 95.5 Å². The highest BCUT2D eigenvalue weighted by atomic mass is 32.1. The van der Waals surface area contributed by atoms with E-state index < -0.39 is 5.97 Å². The average Bonchev–Trinajstić information content (AvgIpc) is 2.66. The van der Waals surface area contributed by atoms with Crippen molar-refractivity contribution >= 4 is 30.4 Å². The second-order valence-electron chi connectivity index (χ2n) is 7.32. The molecule has 0 fully saturated rings. The number of carboxylic acid groups (broad SMARTS) is 1. The number of thiol groups is 1. The van der Waals surface area contributed by atoms with Gasteiger partial charge in [-0.05, 0) is 36.5 Å². The van der Waals surface area contributed by atoms with Crippen LogP contribution in [0.5, 0.6) is 0 Å². The maximum absolute atomic E-state index is 12.5. The molecule has 0 heterocycles. The molecular formula is C21H32N2O4S. The van der Waals surface area contributed by atoms with Crippen molar-refractivity contribution in [2.45, 2.75) is 46.6 Å². The molecule has 0 aliphatic heterocycles. The predicted molar refractivity (Wildman–Crippen MR) is 113 cm³/mol. The number of carbonyl (C=O) groups excluding carboxylic acids is 2. The monoisotopic (exact) mass is 408 g/mol. The SMILES string of the molecule is CCCC(CCNC(=O)C(CS)C(C)C)C(=O)NCc1ccc(C(=O)O)cc1. The molecule has 0 radical (unpaired) electrons. The van der Waals surface area contributed by atoms with Gasteiger partial charge in [-0.1, -0.05) is 39.3 Å². The van der Waals surface area contributed by atoms with Crippen LogP contribution in [0.25, 0.3) is 0 Å². The standard InChI is InChI=1S/C21H32N2O4S/c1-4-5-16(10-11-22-20(25)18(13-28)14(2)3)19(24)23-12-15-6-8-17(9-7-15)21(26)27/h6-9,14,16,18,28H,4-5,10-13H2,1-3H3,(H,22,25)(H,23,24)(H,26,27). The lowest BCUT2D eigenvalue weighted by Crippen LogP contribution is -2.37. The Morgan fingerprint density at radius 3 is 2.18 bits per heavy atom. The number of amides is 2. The third kappa shape index (κ3) is 7.92. The van der Waals surface area contributed by atoms with E-state index in [2.05, 4.69) is 23.3 Å². The van der Waals surface area contributed by atoms with Crippen molar-refractivity contribution in [3.8, 4) is 0 Å². The summed E-state index contributed by atoms with van der Waals surface area (Å²) in [6, 6.07) is 6.44. The molecule has 2 amide bonds. The number of nitrogens with one attached hydrogen (secondary N) is 2. The summed E-state index contributed by atoms with van der Waals surface area (Å²) in [5, 5.41) is 14.8. The lowest BCUT2D eigenvalue weighted by atomic mass is 9.96. The smallest absolute Gasteiger partial charge is 0.335 e. The normalized spacial score (nSPS) is 13.0. The third-order valence-corrected chi connectivity index (χ3v) is 5.20. The van der Waals surface area contributed by atoms with Gasteiger partial charge in [-0.3, -0.25) is 9.59 Å². The van der Waals surface area contributed by atoms with E-state index in [4.69, 9.17) is 5.11 Å². The van der Waals surface area contributed by atoms with Crippen LogP contribution in [0.2, 0.25) is 0 Å². The van der Waals surface area contributed by atoms with Gasteiger partial charge in [0.1, 0.15) is 0 Å². The zero-order chi connectivity index (χ0) is 21.1. The summed E-state index contributed by atoms with van der Waals surface area (Å²) in [5.41, 5.74) is 1.06. The van der Waals surface area contributed by atoms with E-state index in [1.807, 2.05) is 20.8 Å². The first-order valence-electron chi connectivity index (χ1n) is 9.78. The highest BCUT2D eigenvalue weighted by Crippen LogP contribution is 2.14. The Morgan fingerprint density at radius 1 is 1.04 bits per heavy atom. The molecule has 2 unspecified atom stereocenters. The van der Waals surface area contributed by atoms with Crippen LogP contribution in [0, 0.1) is 17.8 Å². The summed E-state index contributed by atoms with van der Waals surface area (Å²) >= 11 is 4.25. The summed E-state index contributed by atoms with van der Waals surface area (Å²) in [5.74, 6) is -0.610. The highest BCUT2D eigenvalue weighted by Gasteiger charge is 2.22. The first-order valence-corrected chi connectivity index (χ1v) is 10.4. The van der Waals surface area contributed by atoms with Crippen LogP contribution in [-0.2, 0) is 16.1 Å². The number of carboxylic acids is 1. The number of carbonyl (C=O) groups is 3. The Bertz CT molecular complexity index is 646. The molecule has 0 spiro atoms. The van der Waals surface area contributed by atoms with Gasteiger partial charge in [-0.2, -0.15) is 12.6 Å². The Kier molecular flexibility index (Phi) is 10.7. The van der Waals surface area contributed by atoms with Gasteiger partial charge in [0.05, 0.1) is 5.56 Å². The quantitative estimate of drug-likeness (QED) is 0.400. The van der Waals surface area contributed by atoms with Gasteiger partial charge in [0.15, 0.2) is 0 Å². The molecule has 28 heavy (non-hydrogen) atoms. The van der Waals surface area contributed by atoms with E-state index in [9.17, 15) is 14.4 Å². The van der Waals surface area contributed by atoms with E-state index in [0.717, 1.165) is 18.4 Å². The zero-order valence-electron chi connectivity index (χ0n) is 16.9. The van der Waals surface area contributed by atoms with Crippen molar-refractivity contribution in [3.63, 3.8) is 0 Å². The van der Waals surface area contributed by atoms with E-state index in [1.54, 1.807) is 12.1 Å². The molecule has 0 saturated carbocycles. The molecule has 7 heteroatoms. The van der Waals surface area contributed by atoms with Crippen molar-refractivity contribution in [2.75, 3.05) is 12.3 Å². The number of hydrogen-bond acceptors (Lipinski definition) is 4. The molecule has 0 aromatic heterocycles. The van der Waals surface area contributed by atoms with Gasteiger partial charge in [-0.15, -0.1) is 0 Å². The van der Waals surface area contributed by atoms with Crippen LogP contribution in [0.1, 0.15) is 56.0 Å². The predicted octanol–water partition coefficient (Wildman–Crippen LogP) is 3.13. The number of benzene rings is 1. The van der Waals surface area contributed by atoms with Crippen LogP contribution in [0.4, 0.5) is 0 Å². The largest absolute Gasteiger partial charge is 0.478 e. The van der Waals surface area contributed by atoms with Gasteiger partial charge in [-0.25, -0.2) is 4.79 Å². The molecule has 0 aliphatic rings. The fourth-order valence-electron chi connectivity index (χ4n) is 2.95. The molecule has 6 nitrogen and oxygen atoms in total. The second kappa shape index (κ2) is 12.4. The van der Waals surface area contributed by atoms with Crippen molar-refractivity contribution < 1.29 is 19.5 Å². The maximum atomic E-state index is 12.5. The molecule has 1 aromatic carbocycles. The van der Waals surface area contributed by atoms with Crippen molar-refractivity contribution in [2.24, 2.45) is 17.8 Å².